The SMILES string of the molecule is CC(C)(C)OC(=O)N[C@H]1CCc2cc(-n3c(-c4cccnc4N)nc4ccc(/C(N)=N/O)nc43)ccc21. The van der Waals surface area contributed by atoms with Crippen molar-refractivity contribution in [3.8, 4) is 17.1 Å². The molecule has 11 nitrogen and oxygen atoms in total. The van der Waals surface area contributed by atoms with Crippen molar-refractivity contribution in [2.24, 2.45) is 10.9 Å². The molecule has 0 saturated carbocycles. The number of pyridine rings is 2. The van der Waals surface area contributed by atoms with E-state index in [1.165, 1.54) is 0 Å². The van der Waals surface area contributed by atoms with Crippen molar-refractivity contribution in [1.82, 2.24) is 24.8 Å². The number of amides is 1. The van der Waals surface area contributed by atoms with E-state index in [9.17, 15) is 4.79 Å². The Morgan fingerprint density at radius 2 is 2.03 bits per heavy atom. The topological polar surface area (TPSA) is 167 Å². The molecule has 1 atom stereocenters. The van der Waals surface area contributed by atoms with Gasteiger partial charge in [-0.05, 0) is 81.1 Å². The molecule has 190 valence electrons. The number of hydrogen-bond acceptors (Lipinski definition) is 8. The van der Waals surface area contributed by atoms with Gasteiger partial charge in [-0.2, -0.15) is 0 Å². The molecule has 6 N–H and O–H groups in total. The van der Waals surface area contributed by atoms with Gasteiger partial charge >= 0.3 is 6.09 Å². The zero-order chi connectivity index (χ0) is 26.3. The van der Waals surface area contributed by atoms with Gasteiger partial charge in [0.15, 0.2) is 17.3 Å². The summed E-state index contributed by atoms with van der Waals surface area (Å²) in [5, 5.41) is 15.2. The number of alkyl carbamates (subject to hydrolysis) is 1. The maximum atomic E-state index is 12.4. The molecule has 1 aliphatic carbocycles. The first-order chi connectivity index (χ1) is 17.6. The summed E-state index contributed by atoms with van der Waals surface area (Å²) in [7, 11) is 0. The number of imidazole rings is 1. The molecule has 3 heterocycles. The largest absolute Gasteiger partial charge is 0.444 e. The van der Waals surface area contributed by atoms with Crippen molar-refractivity contribution >= 4 is 28.9 Å². The van der Waals surface area contributed by atoms with Gasteiger partial charge in [0.05, 0.1) is 11.6 Å². The van der Waals surface area contributed by atoms with Crippen molar-refractivity contribution in [3.63, 3.8) is 0 Å². The van der Waals surface area contributed by atoms with E-state index in [-0.39, 0.29) is 11.9 Å². The predicted molar refractivity (Wildman–Crippen MR) is 139 cm³/mol. The van der Waals surface area contributed by atoms with E-state index in [1.54, 1.807) is 24.4 Å². The van der Waals surface area contributed by atoms with Gasteiger partial charge in [-0.15, -0.1) is 0 Å². The molecule has 11 heteroatoms. The molecule has 0 bridgehead atoms. The molecular weight excluding hydrogens is 472 g/mol. The minimum Gasteiger partial charge on any atom is -0.444 e. The number of benzene rings is 1. The van der Waals surface area contributed by atoms with Crippen LogP contribution in [0.15, 0.2) is 53.8 Å². The number of hydrogen-bond donors (Lipinski definition) is 4. The normalized spacial score (nSPS) is 15.5. The van der Waals surface area contributed by atoms with E-state index in [2.05, 4.69) is 26.5 Å². The minimum absolute atomic E-state index is 0.109. The number of nitrogens with two attached hydrogens (primary N) is 2. The highest BCUT2D eigenvalue weighted by Gasteiger charge is 2.27. The van der Waals surface area contributed by atoms with Gasteiger partial charge in [-0.1, -0.05) is 11.2 Å². The van der Waals surface area contributed by atoms with Crippen LogP contribution in [0.25, 0.3) is 28.2 Å². The zero-order valence-corrected chi connectivity index (χ0v) is 20.8. The summed E-state index contributed by atoms with van der Waals surface area (Å²) in [6, 6.07) is 12.9. The van der Waals surface area contributed by atoms with Gasteiger partial charge < -0.3 is 26.7 Å². The molecule has 37 heavy (non-hydrogen) atoms. The lowest BCUT2D eigenvalue weighted by molar-refractivity contribution is 0.0503. The van der Waals surface area contributed by atoms with Crippen LogP contribution in [0.2, 0.25) is 0 Å². The Hall–Kier alpha value is -4.67. The number of ether oxygens (including phenoxy) is 1. The van der Waals surface area contributed by atoms with Gasteiger partial charge in [0, 0.05) is 11.9 Å². The molecule has 5 rings (SSSR count). The van der Waals surface area contributed by atoms with Gasteiger partial charge in [0.25, 0.3) is 0 Å². The summed E-state index contributed by atoms with van der Waals surface area (Å²) in [5.74, 6) is 0.784. The Morgan fingerprint density at radius 1 is 1.22 bits per heavy atom. The smallest absolute Gasteiger partial charge is 0.408 e. The monoisotopic (exact) mass is 500 g/mol. The minimum atomic E-state index is -0.571. The number of nitrogens with one attached hydrogen (secondary N) is 1. The first-order valence-electron chi connectivity index (χ1n) is 11.9. The van der Waals surface area contributed by atoms with E-state index in [4.69, 9.17) is 26.4 Å². The average molecular weight is 501 g/mol. The number of rotatable bonds is 4. The van der Waals surface area contributed by atoms with E-state index < -0.39 is 11.7 Å². The third-order valence-electron chi connectivity index (χ3n) is 6.11. The number of aromatic nitrogens is 4. The van der Waals surface area contributed by atoms with Crippen LogP contribution < -0.4 is 16.8 Å². The zero-order valence-electron chi connectivity index (χ0n) is 20.8. The summed E-state index contributed by atoms with van der Waals surface area (Å²) >= 11 is 0. The summed E-state index contributed by atoms with van der Waals surface area (Å²) in [5.41, 5.74) is 16.5. The lowest BCUT2D eigenvalue weighted by atomic mass is 10.1. The molecule has 1 amide bonds. The van der Waals surface area contributed by atoms with Crippen molar-refractivity contribution in [1.29, 1.82) is 0 Å². The van der Waals surface area contributed by atoms with Crippen LogP contribution in [0.1, 0.15) is 50.1 Å². The highest BCUT2D eigenvalue weighted by molar-refractivity contribution is 5.97. The van der Waals surface area contributed by atoms with E-state index >= 15 is 0 Å². The number of carbonyl (C=O) groups is 1. The third kappa shape index (κ3) is 4.63. The summed E-state index contributed by atoms with van der Waals surface area (Å²) in [6.45, 7) is 5.51. The lowest BCUT2D eigenvalue weighted by Crippen LogP contribution is -2.34. The predicted octanol–water partition coefficient (Wildman–Crippen LogP) is 3.67. The van der Waals surface area contributed by atoms with E-state index in [1.807, 2.05) is 43.5 Å². The number of aryl methyl sites for hydroxylation is 1. The molecule has 0 unspecified atom stereocenters. The van der Waals surface area contributed by atoms with Crippen LogP contribution in [0, 0.1) is 0 Å². The molecule has 0 saturated heterocycles. The van der Waals surface area contributed by atoms with Crippen LogP contribution >= 0.6 is 0 Å². The standard InChI is InChI=1S/C26H28N8O3/c1-26(2,3)37-25(35)32-18-9-6-14-13-15(7-8-16(14)18)34-23(17-5-4-12-29-21(17)27)31-20-11-10-19(22(28)33-36)30-24(20)34/h4-5,7-8,10-13,18,36H,6,9H2,1-3H3,(H2,27,29)(H2,28,33)(H,32,35)/t18-/m0/s1. The van der Waals surface area contributed by atoms with Crippen molar-refractivity contribution in [2.45, 2.75) is 45.3 Å². The molecule has 0 spiro atoms. The average Bonchev–Trinajstić information content (AvgIpc) is 3.43. The Balaban J connectivity index is 1.61. The molecular formula is C26H28N8O3. The van der Waals surface area contributed by atoms with Crippen molar-refractivity contribution in [2.75, 3.05) is 5.73 Å². The van der Waals surface area contributed by atoms with Gasteiger partial charge in [-0.25, -0.2) is 19.7 Å². The first kappa shape index (κ1) is 24.0. The Labute approximate surface area is 213 Å². The van der Waals surface area contributed by atoms with Crippen LogP contribution in [0.5, 0.6) is 0 Å². The number of nitrogen functional groups attached to an aromatic ring is 1. The molecule has 0 aliphatic heterocycles. The molecule has 4 aromatic rings. The second-order valence-electron chi connectivity index (χ2n) is 9.85. The van der Waals surface area contributed by atoms with Crippen molar-refractivity contribution < 1.29 is 14.7 Å². The lowest BCUT2D eigenvalue weighted by Gasteiger charge is -2.22. The quantitative estimate of drug-likeness (QED) is 0.142. The summed E-state index contributed by atoms with van der Waals surface area (Å²) in [4.78, 5) is 26.0. The Morgan fingerprint density at radius 3 is 2.76 bits per heavy atom. The second kappa shape index (κ2) is 9.08. The number of fused-ring (bicyclic) bond motifs is 2. The third-order valence-corrected chi connectivity index (χ3v) is 6.11. The fraction of sp³-hybridized carbons (Fsp3) is 0.269. The van der Waals surface area contributed by atoms with Crippen LogP contribution in [-0.2, 0) is 11.2 Å². The maximum absolute atomic E-state index is 12.4. The summed E-state index contributed by atoms with van der Waals surface area (Å²) < 4.78 is 7.32. The van der Waals surface area contributed by atoms with E-state index in [0.29, 0.717) is 34.1 Å². The fourth-order valence-corrected chi connectivity index (χ4v) is 4.53. The number of nitrogens with zero attached hydrogens (tertiary/aromatic N) is 5. The number of amidine groups is 1. The Bertz CT molecular complexity index is 1540. The highest BCUT2D eigenvalue weighted by atomic mass is 16.6. The van der Waals surface area contributed by atoms with Crippen molar-refractivity contribution in [3.05, 3.63) is 65.5 Å². The number of carbonyl (C=O) groups excluding carboxylic acids is 1. The van der Waals surface area contributed by atoms with E-state index in [0.717, 1.165) is 29.7 Å². The maximum Gasteiger partial charge on any atom is 0.408 e. The molecule has 3 aromatic heterocycles. The van der Waals surface area contributed by atoms with Crippen LogP contribution in [0.3, 0.4) is 0 Å². The molecule has 0 radical (unpaired) electrons. The van der Waals surface area contributed by atoms with Gasteiger partial charge in [0.2, 0.25) is 0 Å². The molecule has 1 aromatic carbocycles. The number of anilines is 1. The second-order valence-corrected chi connectivity index (χ2v) is 9.85. The van der Waals surface area contributed by atoms with Crippen LogP contribution in [-0.4, -0.2) is 42.3 Å². The molecule has 1 aliphatic rings. The number of oxime groups is 1. The highest BCUT2D eigenvalue weighted by Crippen LogP contribution is 2.36. The van der Waals surface area contributed by atoms with Gasteiger partial charge in [0.1, 0.15) is 22.6 Å². The fourth-order valence-electron chi connectivity index (χ4n) is 4.53. The first-order valence-corrected chi connectivity index (χ1v) is 11.9. The Kier molecular flexibility index (Phi) is 5.90. The van der Waals surface area contributed by atoms with Gasteiger partial charge in [-0.3, -0.25) is 4.57 Å². The summed E-state index contributed by atoms with van der Waals surface area (Å²) in [6.07, 6.45) is 2.72. The molecule has 0 fully saturated rings. The van der Waals surface area contributed by atoms with Crippen LogP contribution in [0.4, 0.5) is 10.6 Å².